The Balaban J connectivity index is 2.50. The van der Waals surface area contributed by atoms with Gasteiger partial charge >= 0.3 is 0 Å². The van der Waals surface area contributed by atoms with Gasteiger partial charge in [-0.2, -0.15) is 0 Å². The number of nitrogens with one attached hydrogen (secondary N) is 1. The molecular weight excluding hydrogens is 224 g/mol. The van der Waals surface area contributed by atoms with Crippen molar-refractivity contribution in [1.82, 2.24) is 5.32 Å². The molecule has 0 aromatic carbocycles. The van der Waals surface area contributed by atoms with E-state index < -0.39 is 0 Å². The lowest BCUT2D eigenvalue weighted by Gasteiger charge is -2.26. The number of rotatable bonds is 4. The number of carbonyl (C=O) groups is 1. The number of carbonyl (C=O) groups excluding carboxylic acids is 1. The van der Waals surface area contributed by atoms with Crippen molar-refractivity contribution >= 4 is 23.1 Å². The quantitative estimate of drug-likeness (QED) is 0.719. The lowest BCUT2D eigenvalue weighted by molar-refractivity contribution is -0.129. The number of amides is 1. The van der Waals surface area contributed by atoms with Crippen molar-refractivity contribution in [2.75, 3.05) is 13.2 Å². The van der Waals surface area contributed by atoms with Gasteiger partial charge in [0.2, 0.25) is 5.91 Å². The average Bonchev–Trinajstić information content (AvgIpc) is 2.25. The van der Waals surface area contributed by atoms with Crippen LogP contribution in [0.2, 0.25) is 0 Å². The first-order valence-electron chi connectivity index (χ1n) is 5.69. The van der Waals surface area contributed by atoms with Crippen LogP contribution in [0.4, 0.5) is 0 Å². The maximum Gasteiger partial charge on any atom is 0.226 e. The lowest BCUT2D eigenvalue weighted by atomic mass is 9.99. The van der Waals surface area contributed by atoms with Crippen LogP contribution in [0.3, 0.4) is 0 Å². The second-order valence-electron chi connectivity index (χ2n) is 4.55. The maximum atomic E-state index is 11.9. The third-order valence-electron chi connectivity index (χ3n) is 2.80. The minimum atomic E-state index is -0.218. The largest absolute Gasteiger partial charge is 0.392 e. The van der Waals surface area contributed by atoms with Crippen LogP contribution < -0.4 is 11.1 Å². The summed E-state index contributed by atoms with van der Waals surface area (Å²) in [4.78, 5) is 12.3. The number of hydrogen-bond acceptors (Lipinski definition) is 3. The zero-order valence-electron chi connectivity index (χ0n) is 9.86. The molecule has 5 heteroatoms. The van der Waals surface area contributed by atoms with Crippen LogP contribution in [0.25, 0.3) is 0 Å². The molecule has 0 saturated carbocycles. The van der Waals surface area contributed by atoms with E-state index in [4.69, 9.17) is 22.7 Å². The van der Waals surface area contributed by atoms with Crippen LogP contribution in [0, 0.1) is 11.8 Å². The summed E-state index contributed by atoms with van der Waals surface area (Å²) in [5.41, 5.74) is 5.60. The normalized spacial score (nSPS) is 22.8. The van der Waals surface area contributed by atoms with Gasteiger partial charge in [-0.05, 0) is 18.8 Å². The Kier molecular flexibility index (Phi) is 5.15. The third kappa shape index (κ3) is 3.72. The topological polar surface area (TPSA) is 64.3 Å². The summed E-state index contributed by atoms with van der Waals surface area (Å²) in [6, 6.07) is -0.218. The molecule has 1 fully saturated rings. The average molecular weight is 244 g/mol. The fourth-order valence-electron chi connectivity index (χ4n) is 1.78. The van der Waals surface area contributed by atoms with Gasteiger partial charge in [-0.15, -0.1) is 0 Å². The van der Waals surface area contributed by atoms with Gasteiger partial charge in [0.15, 0.2) is 0 Å². The minimum absolute atomic E-state index is 0.00574. The van der Waals surface area contributed by atoms with Crippen molar-refractivity contribution in [1.29, 1.82) is 0 Å². The summed E-state index contributed by atoms with van der Waals surface area (Å²) in [7, 11) is 0. The molecule has 0 aromatic rings. The van der Waals surface area contributed by atoms with Crippen molar-refractivity contribution < 1.29 is 9.53 Å². The van der Waals surface area contributed by atoms with Crippen LogP contribution in [0.15, 0.2) is 0 Å². The summed E-state index contributed by atoms with van der Waals surface area (Å²) >= 11 is 4.94. The van der Waals surface area contributed by atoms with Gasteiger partial charge in [0.25, 0.3) is 0 Å². The molecule has 0 aromatic heterocycles. The second-order valence-corrected chi connectivity index (χ2v) is 5.02. The van der Waals surface area contributed by atoms with E-state index in [-0.39, 0.29) is 23.8 Å². The van der Waals surface area contributed by atoms with E-state index >= 15 is 0 Å². The molecule has 1 aliphatic heterocycles. The lowest BCUT2D eigenvalue weighted by Crippen LogP contribution is -2.49. The molecule has 2 unspecified atom stereocenters. The Morgan fingerprint density at radius 3 is 2.69 bits per heavy atom. The zero-order valence-corrected chi connectivity index (χ0v) is 10.7. The van der Waals surface area contributed by atoms with Gasteiger partial charge in [0.05, 0.1) is 23.6 Å². The fourth-order valence-corrected chi connectivity index (χ4v) is 2.12. The van der Waals surface area contributed by atoms with Crippen LogP contribution in [0.5, 0.6) is 0 Å². The Morgan fingerprint density at radius 2 is 2.25 bits per heavy atom. The first-order valence-corrected chi connectivity index (χ1v) is 6.10. The smallest absolute Gasteiger partial charge is 0.226 e. The molecular formula is C11H20N2O2S. The van der Waals surface area contributed by atoms with E-state index in [1.807, 2.05) is 13.8 Å². The molecule has 2 atom stereocenters. The van der Waals surface area contributed by atoms with Crippen molar-refractivity contribution in [2.45, 2.75) is 32.7 Å². The monoisotopic (exact) mass is 244 g/mol. The van der Waals surface area contributed by atoms with Crippen molar-refractivity contribution in [3.8, 4) is 0 Å². The molecule has 92 valence electrons. The number of nitrogens with two attached hydrogens (primary N) is 1. The molecule has 0 radical (unpaired) electrons. The standard InChI is InChI=1S/C11H20N2O2S/c1-7(2)9(10(12)16)13-11(14)8-4-3-5-15-6-8/h7-9H,3-6H2,1-2H3,(H2,12,16)(H,13,14). The van der Waals surface area contributed by atoms with Crippen molar-refractivity contribution in [3.05, 3.63) is 0 Å². The first-order chi connectivity index (χ1) is 7.52. The molecule has 16 heavy (non-hydrogen) atoms. The number of thiocarbonyl (C=S) groups is 1. The summed E-state index contributed by atoms with van der Waals surface area (Å²) in [6.07, 6.45) is 1.82. The molecule has 0 aliphatic carbocycles. The molecule has 4 nitrogen and oxygen atoms in total. The third-order valence-corrected chi connectivity index (χ3v) is 3.06. The van der Waals surface area contributed by atoms with Crippen LogP contribution >= 0.6 is 12.2 Å². The Bertz CT molecular complexity index is 263. The van der Waals surface area contributed by atoms with E-state index in [9.17, 15) is 4.79 Å². The predicted molar refractivity (Wildman–Crippen MR) is 67.1 cm³/mol. The van der Waals surface area contributed by atoms with Gasteiger partial charge in [0.1, 0.15) is 0 Å². The molecule has 3 N–H and O–H groups in total. The summed E-state index contributed by atoms with van der Waals surface area (Å²) < 4.78 is 5.28. The van der Waals surface area contributed by atoms with Crippen LogP contribution in [-0.4, -0.2) is 30.2 Å². The van der Waals surface area contributed by atoms with Crippen molar-refractivity contribution in [3.63, 3.8) is 0 Å². The highest BCUT2D eigenvalue weighted by Gasteiger charge is 2.26. The Hall–Kier alpha value is -0.680. The maximum absolute atomic E-state index is 11.9. The fraction of sp³-hybridized carbons (Fsp3) is 0.818. The van der Waals surface area contributed by atoms with Crippen LogP contribution in [0.1, 0.15) is 26.7 Å². The molecule has 1 rings (SSSR count). The second kappa shape index (κ2) is 6.15. The van der Waals surface area contributed by atoms with Gasteiger partial charge in [-0.3, -0.25) is 4.79 Å². The highest BCUT2D eigenvalue weighted by molar-refractivity contribution is 7.80. The molecule has 1 saturated heterocycles. The van der Waals surface area contributed by atoms with E-state index in [2.05, 4.69) is 5.32 Å². The molecule has 1 aliphatic rings. The first kappa shape index (κ1) is 13.4. The predicted octanol–water partition coefficient (Wildman–Crippen LogP) is 0.840. The molecule has 0 bridgehead atoms. The Morgan fingerprint density at radius 1 is 1.56 bits per heavy atom. The van der Waals surface area contributed by atoms with E-state index in [0.29, 0.717) is 11.6 Å². The van der Waals surface area contributed by atoms with Gasteiger partial charge in [-0.25, -0.2) is 0 Å². The van der Waals surface area contributed by atoms with E-state index in [1.165, 1.54) is 0 Å². The Labute approximate surface area is 102 Å². The van der Waals surface area contributed by atoms with E-state index in [1.54, 1.807) is 0 Å². The number of hydrogen-bond donors (Lipinski definition) is 2. The highest BCUT2D eigenvalue weighted by atomic mass is 32.1. The minimum Gasteiger partial charge on any atom is -0.392 e. The van der Waals surface area contributed by atoms with Crippen molar-refractivity contribution in [2.24, 2.45) is 17.6 Å². The van der Waals surface area contributed by atoms with Gasteiger partial charge in [0, 0.05) is 6.61 Å². The van der Waals surface area contributed by atoms with E-state index in [0.717, 1.165) is 19.4 Å². The summed E-state index contributed by atoms with van der Waals surface area (Å²) in [5.74, 6) is 0.168. The summed E-state index contributed by atoms with van der Waals surface area (Å²) in [5, 5.41) is 2.90. The van der Waals surface area contributed by atoms with Gasteiger partial charge in [-0.1, -0.05) is 26.1 Å². The number of ether oxygens (including phenoxy) is 1. The van der Waals surface area contributed by atoms with Crippen LogP contribution in [-0.2, 0) is 9.53 Å². The summed E-state index contributed by atoms with van der Waals surface area (Å²) in [6.45, 7) is 5.24. The molecule has 0 spiro atoms. The van der Waals surface area contributed by atoms with Gasteiger partial charge < -0.3 is 15.8 Å². The highest BCUT2D eigenvalue weighted by Crippen LogP contribution is 2.14. The SMILES string of the molecule is CC(C)C(NC(=O)C1CCCOC1)C(N)=S. The molecule has 1 amide bonds. The zero-order chi connectivity index (χ0) is 12.1. The molecule has 1 heterocycles.